The minimum atomic E-state index is -0.764. The summed E-state index contributed by atoms with van der Waals surface area (Å²) in [7, 11) is 0. The normalized spacial score (nSPS) is 19.8. The highest BCUT2D eigenvalue weighted by Gasteiger charge is 2.45. The largest absolute Gasteiger partial charge is 0.224 e. The van der Waals surface area contributed by atoms with Crippen molar-refractivity contribution in [3.8, 4) is 0 Å². The van der Waals surface area contributed by atoms with Crippen molar-refractivity contribution in [2.45, 2.75) is 18.4 Å². The van der Waals surface area contributed by atoms with Crippen LogP contribution < -0.4 is 0 Å². The fourth-order valence-corrected chi connectivity index (χ4v) is 1.86. The van der Waals surface area contributed by atoms with E-state index in [0.29, 0.717) is 0 Å². The molecule has 2 rings (SSSR count). The topological polar surface area (TPSA) is 19.9 Å². The molecule has 0 amide bonds. The number of benzene rings is 1. The molecular weight excluding hydrogens is 204 g/mol. The third kappa shape index (κ3) is 1.21. The van der Waals surface area contributed by atoms with Gasteiger partial charge >= 0.3 is 0 Å². The zero-order valence-corrected chi connectivity index (χ0v) is 7.60. The Morgan fingerprint density at radius 1 is 1.27 bits per heavy atom. The van der Waals surface area contributed by atoms with E-state index in [1.807, 2.05) is 24.3 Å². The molecule has 1 aromatic carbocycles. The molecular formula is C9H8BrO. The minimum absolute atomic E-state index is 0.764. The van der Waals surface area contributed by atoms with E-state index in [9.17, 15) is 5.11 Å². The summed E-state index contributed by atoms with van der Waals surface area (Å²) in [5.74, 6) is 0. The van der Waals surface area contributed by atoms with Crippen molar-refractivity contribution in [1.82, 2.24) is 0 Å². The molecule has 0 saturated heterocycles. The average Bonchev–Trinajstić information content (AvgIpc) is 2.70. The molecule has 0 N–H and O–H groups in total. The summed E-state index contributed by atoms with van der Waals surface area (Å²) in [6.07, 6.45) is 1.57. The fraction of sp³-hybridized carbons (Fsp3) is 0.333. The molecule has 0 bridgehead atoms. The summed E-state index contributed by atoms with van der Waals surface area (Å²) in [5, 5.41) is 11.6. The van der Waals surface area contributed by atoms with Gasteiger partial charge in [-0.25, -0.2) is 5.11 Å². The average molecular weight is 212 g/mol. The molecule has 1 nitrogen and oxygen atoms in total. The van der Waals surface area contributed by atoms with E-state index >= 15 is 0 Å². The van der Waals surface area contributed by atoms with Crippen molar-refractivity contribution in [2.24, 2.45) is 0 Å². The molecule has 0 spiro atoms. The van der Waals surface area contributed by atoms with Crippen molar-refractivity contribution in [3.05, 3.63) is 34.3 Å². The van der Waals surface area contributed by atoms with Gasteiger partial charge < -0.3 is 0 Å². The van der Waals surface area contributed by atoms with Gasteiger partial charge in [-0.15, -0.1) is 0 Å². The van der Waals surface area contributed by atoms with Gasteiger partial charge in [-0.2, -0.15) is 0 Å². The van der Waals surface area contributed by atoms with Crippen LogP contribution in [0.25, 0.3) is 0 Å². The van der Waals surface area contributed by atoms with Gasteiger partial charge in [-0.1, -0.05) is 34.1 Å². The van der Waals surface area contributed by atoms with Gasteiger partial charge in [0.25, 0.3) is 0 Å². The molecule has 1 saturated carbocycles. The van der Waals surface area contributed by atoms with E-state index in [4.69, 9.17) is 0 Å². The fourth-order valence-electron chi connectivity index (χ4n) is 1.21. The molecule has 0 unspecified atom stereocenters. The molecule has 0 aromatic heterocycles. The molecule has 0 heterocycles. The Balaban J connectivity index is 2.45. The van der Waals surface area contributed by atoms with E-state index in [-0.39, 0.29) is 0 Å². The summed E-state index contributed by atoms with van der Waals surface area (Å²) >= 11 is 3.37. The van der Waals surface area contributed by atoms with E-state index in [2.05, 4.69) is 15.9 Å². The van der Waals surface area contributed by atoms with E-state index in [1.165, 1.54) is 0 Å². The zero-order valence-electron chi connectivity index (χ0n) is 6.01. The van der Waals surface area contributed by atoms with Crippen molar-refractivity contribution in [3.63, 3.8) is 0 Å². The lowest BCUT2D eigenvalue weighted by molar-refractivity contribution is 0.0620. The van der Waals surface area contributed by atoms with Crippen LogP contribution in [0.1, 0.15) is 18.4 Å². The molecule has 1 aliphatic rings. The molecule has 57 valence electrons. The first-order valence-electron chi connectivity index (χ1n) is 3.68. The smallest absolute Gasteiger partial charge is 0.130 e. The van der Waals surface area contributed by atoms with E-state index in [0.717, 1.165) is 22.9 Å². The minimum Gasteiger partial charge on any atom is -0.224 e. The van der Waals surface area contributed by atoms with Crippen LogP contribution in [-0.4, -0.2) is 0 Å². The number of rotatable bonds is 1. The second-order valence-corrected chi connectivity index (χ2v) is 3.83. The van der Waals surface area contributed by atoms with Gasteiger partial charge in [0.1, 0.15) is 5.60 Å². The highest BCUT2D eigenvalue weighted by atomic mass is 79.9. The van der Waals surface area contributed by atoms with E-state index < -0.39 is 5.60 Å². The second-order valence-electron chi connectivity index (χ2n) is 2.97. The lowest BCUT2D eigenvalue weighted by atomic mass is 10.1. The lowest BCUT2D eigenvalue weighted by Gasteiger charge is -2.06. The molecule has 11 heavy (non-hydrogen) atoms. The SMILES string of the molecule is [O]C1(c2ccccc2Br)CC1. The molecule has 0 aliphatic heterocycles. The Hall–Kier alpha value is -0.340. The first-order chi connectivity index (χ1) is 5.22. The van der Waals surface area contributed by atoms with Crippen LogP contribution in [0, 0.1) is 0 Å². The standard InChI is InChI=1S/C9H8BrO/c10-8-4-2-1-3-7(8)9(11)5-6-9/h1-4H,5-6H2. The van der Waals surface area contributed by atoms with Crippen molar-refractivity contribution < 1.29 is 5.11 Å². The van der Waals surface area contributed by atoms with Crippen LogP contribution in [0.2, 0.25) is 0 Å². The van der Waals surface area contributed by atoms with Gasteiger partial charge in [0.15, 0.2) is 0 Å². The predicted molar refractivity (Wildman–Crippen MR) is 45.7 cm³/mol. The quantitative estimate of drug-likeness (QED) is 0.682. The Kier molecular flexibility index (Phi) is 1.55. The monoisotopic (exact) mass is 211 g/mol. The molecule has 1 aromatic rings. The van der Waals surface area contributed by atoms with Crippen LogP contribution in [0.15, 0.2) is 28.7 Å². The van der Waals surface area contributed by atoms with Crippen LogP contribution in [0.5, 0.6) is 0 Å². The molecule has 1 aliphatic carbocycles. The van der Waals surface area contributed by atoms with Crippen molar-refractivity contribution in [2.75, 3.05) is 0 Å². The van der Waals surface area contributed by atoms with Gasteiger partial charge in [0.2, 0.25) is 0 Å². The van der Waals surface area contributed by atoms with Crippen LogP contribution in [-0.2, 0) is 10.7 Å². The molecule has 1 radical (unpaired) electrons. The van der Waals surface area contributed by atoms with Crippen LogP contribution >= 0.6 is 15.9 Å². The highest BCUT2D eigenvalue weighted by molar-refractivity contribution is 9.10. The third-order valence-corrected chi connectivity index (χ3v) is 2.76. The first-order valence-corrected chi connectivity index (χ1v) is 4.47. The summed E-state index contributed by atoms with van der Waals surface area (Å²) in [6, 6.07) is 7.68. The Morgan fingerprint density at radius 2 is 1.91 bits per heavy atom. The van der Waals surface area contributed by atoms with E-state index in [1.54, 1.807) is 0 Å². The Bertz CT molecular complexity index is 279. The first kappa shape index (κ1) is 7.32. The van der Waals surface area contributed by atoms with Crippen molar-refractivity contribution >= 4 is 15.9 Å². The second kappa shape index (κ2) is 2.32. The summed E-state index contributed by atoms with van der Waals surface area (Å²) in [4.78, 5) is 0. The summed E-state index contributed by atoms with van der Waals surface area (Å²) in [6.45, 7) is 0. The predicted octanol–water partition coefficient (Wildman–Crippen LogP) is 2.87. The maximum Gasteiger partial charge on any atom is 0.130 e. The Morgan fingerprint density at radius 3 is 2.45 bits per heavy atom. The molecule has 2 heteroatoms. The Labute approximate surface area is 74.2 Å². The maximum atomic E-state index is 11.6. The number of hydrogen-bond acceptors (Lipinski definition) is 0. The summed E-state index contributed by atoms with van der Waals surface area (Å²) in [5.41, 5.74) is 0.153. The highest BCUT2D eigenvalue weighted by Crippen LogP contribution is 2.48. The number of halogens is 1. The number of hydrogen-bond donors (Lipinski definition) is 0. The van der Waals surface area contributed by atoms with Gasteiger partial charge in [0.05, 0.1) is 0 Å². The van der Waals surface area contributed by atoms with Crippen molar-refractivity contribution in [1.29, 1.82) is 0 Å². The maximum absolute atomic E-state index is 11.6. The summed E-state index contributed by atoms with van der Waals surface area (Å²) < 4.78 is 0.951. The van der Waals surface area contributed by atoms with Gasteiger partial charge in [-0.05, 0) is 18.9 Å². The zero-order chi connectivity index (χ0) is 7.90. The molecule has 1 fully saturated rings. The molecule has 0 atom stereocenters. The van der Waals surface area contributed by atoms with Gasteiger partial charge in [-0.3, -0.25) is 0 Å². The van der Waals surface area contributed by atoms with Gasteiger partial charge in [0, 0.05) is 10.0 Å². The third-order valence-electron chi connectivity index (χ3n) is 2.07. The van der Waals surface area contributed by atoms with Crippen LogP contribution in [0.3, 0.4) is 0 Å². The lowest BCUT2D eigenvalue weighted by Crippen LogP contribution is -2.02. The van der Waals surface area contributed by atoms with Crippen LogP contribution in [0.4, 0.5) is 0 Å².